The molecule has 0 radical (unpaired) electrons. The zero-order valence-electron chi connectivity index (χ0n) is 13.6. The minimum Gasteiger partial charge on any atom is -0.497 e. The molecule has 136 valence electrons. The molecular weight excluding hydrogens is 349 g/mol. The molecule has 2 aromatic carbocycles. The van der Waals surface area contributed by atoms with Crippen molar-refractivity contribution in [2.75, 3.05) is 12.5 Å². The Morgan fingerprint density at radius 3 is 2.23 bits per heavy atom. The molecule has 0 atom stereocenters. The van der Waals surface area contributed by atoms with Crippen molar-refractivity contribution in [3.63, 3.8) is 0 Å². The van der Waals surface area contributed by atoms with E-state index >= 15 is 0 Å². The first-order valence-electron chi connectivity index (χ1n) is 7.28. The van der Waals surface area contributed by atoms with Crippen LogP contribution in [0.2, 0.25) is 0 Å². The van der Waals surface area contributed by atoms with Crippen molar-refractivity contribution >= 4 is 23.4 Å². The third kappa shape index (κ3) is 4.82. The van der Waals surface area contributed by atoms with E-state index < -0.39 is 17.5 Å². The van der Waals surface area contributed by atoms with Gasteiger partial charge < -0.3 is 10.6 Å². The number of Topliss-reactive ketones (excluding diaryl/α,β-unsaturated/α-hetero) is 1. The Hall–Kier alpha value is -3.36. The number of nitrogens with zero attached hydrogens (tertiary/aromatic N) is 2. The summed E-state index contributed by atoms with van der Waals surface area (Å²) in [5.41, 5.74) is 2.19. The van der Waals surface area contributed by atoms with Crippen LogP contribution in [-0.4, -0.2) is 24.8 Å². The maximum absolute atomic E-state index is 12.5. The van der Waals surface area contributed by atoms with Gasteiger partial charge in [0.25, 0.3) is 0 Å². The van der Waals surface area contributed by atoms with Gasteiger partial charge in [-0.25, -0.2) is 0 Å². The van der Waals surface area contributed by atoms with E-state index in [2.05, 4.69) is 15.6 Å². The van der Waals surface area contributed by atoms with Crippen LogP contribution < -0.4 is 16.0 Å². The molecule has 9 heteroatoms. The average Bonchev–Trinajstić information content (AvgIpc) is 2.64. The largest absolute Gasteiger partial charge is 0.497 e. The number of nitrogens with two attached hydrogens (primary N) is 1. The lowest BCUT2D eigenvalue weighted by Gasteiger charge is -2.08. The molecule has 0 aliphatic carbocycles. The van der Waals surface area contributed by atoms with Gasteiger partial charge in [0.2, 0.25) is 5.78 Å². The third-order valence-electron chi connectivity index (χ3n) is 3.30. The zero-order chi connectivity index (χ0) is 19.2. The van der Waals surface area contributed by atoms with Gasteiger partial charge in [0, 0.05) is 5.56 Å². The predicted molar refractivity (Wildman–Crippen MR) is 92.5 cm³/mol. The number of rotatable bonds is 6. The van der Waals surface area contributed by atoms with Crippen LogP contribution in [0.3, 0.4) is 0 Å². The molecule has 0 amide bonds. The Morgan fingerprint density at radius 2 is 1.73 bits per heavy atom. The maximum atomic E-state index is 12.5. The van der Waals surface area contributed by atoms with Gasteiger partial charge in [-0.2, -0.15) is 23.4 Å². The number of alkyl halides is 3. The summed E-state index contributed by atoms with van der Waals surface area (Å²) in [6.07, 6.45) is -3.38. The first-order valence-corrected chi connectivity index (χ1v) is 7.28. The van der Waals surface area contributed by atoms with Crippen molar-refractivity contribution < 1.29 is 22.7 Å². The topological polar surface area (TPSA) is 89.1 Å². The number of benzene rings is 2. The standard InChI is InChI=1S/C17H15F3N4O2/c1-26-14-8-2-11(3-9-14)16(25)15(10-22-21)24-23-13-6-4-12(5-7-13)17(18,19)20/h2-10,23H,21H2,1H3/b22-10-,24-15-. The Kier molecular flexibility index (Phi) is 5.94. The summed E-state index contributed by atoms with van der Waals surface area (Å²) in [6, 6.07) is 10.5. The van der Waals surface area contributed by atoms with Crippen molar-refractivity contribution in [2.24, 2.45) is 16.0 Å². The van der Waals surface area contributed by atoms with Crippen molar-refractivity contribution in [2.45, 2.75) is 6.18 Å². The van der Waals surface area contributed by atoms with E-state index in [1.54, 1.807) is 24.3 Å². The first-order chi connectivity index (χ1) is 12.3. The summed E-state index contributed by atoms with van der Waals surface area (Å²) in [5.74, 6) is 5.20. The van der Waals surface area contributed by atoms with Gasteiger partial charge in [-0.05, 0) is 48.5 Å². The minimum absolute atomic E-state index is 0.113. The maximum Gasteiger partial charge on any atom is 0.416 e. The van der Waals surface area contributed by atoms with E-state index in [1.807, 2.05) is 0 Å². The number of halogens is 3. The predicted octanol–water partition coefficient (Wildman–Crippen LogP) is 3.31. The Bertz CT molecular complexity index is 813. The van der Waals surface area contributed by atoms with E-state index in [0.29, 0.717) is 11.3 Å². The van der Waals surface area contributed by atoms with Gasteiger partial charge in [0.15, 0.2) is 5.71 Å². The smallest absolute Gasteiger partial charge is 0.416 e. The monoisotopic (exact) mass is 364 g/mol. The molecule has 0 fully saturated rings. The molecule has 0 saturated heterocycles. The molecule has 3 N–H and O–H groups in total. The molecule has 0 aromatic heterocycles. The minimum atomic E-state index is -4.43. The normalized spacial score (nSPS) is 12.2. The molecule has 0 saturated carbocycles. The number of methoxy groups -OCH3 is 1. The second-order valence-corrected chi connectivity index (χ2v) is 5.02. The van der Waals surface area contributed by atoms with E-state index in [0.717, 1.165) is 18.3 Å². The number of hydrogen-bond acceptors (Lipinski definition) is 6. The number of hydrazone groups is 2. The summed E-state index contributed by atoms with van der Waals surface area (Å²) in [7, 11) is 1.50. The fourth-order valence-corrected chi connectivity index (χ4v) is 1.96. The van der Waals surface area contributed by atoms with Gasteiger partial charge in [0.1, 0.15) is 5.75 Å². The van der Waals surface area contributed by atoms with Crippen LogP contribution in [-0.2, 0) is 6.18 Å². The summed E-state index contributed by atoms with van der Waals surface area (Å²) >= 11 is 0. The zero-order valence-corrected chi connectivity index (χ0v) is 13.6. The summed E-state index contributed by atoms with van der Waals surface area (Å²) in [6.45, 7) is 0. The van der Waals surface area contributed by atoms with Gasteiger partial charge in [-0.1, -0.05) is 0 Å². The van der Waals surface area contributed by atoms with Gasteiger partial charge in [0.05, 0.1) is 24.6 Å². The molecule has 2 rings (SSSR count). The fourth-order valence-electron chi connectivity index (χ4n) is 1.96. The number of carbonyl (C=O) groups is 1. The lowest BCUT2D eigenvalue weighted by molar-refractivity contribution is -0.137. The molecule has 2 aromatic rings. The van der Waals surface area contributed by atoms with Gasteiger partial charge in [-0.3, -0.25) is 10.2 Å². The molecule has 6 nitrogen and oxygen atoms in total. The number of anilines is 1. The van der Waals surface area contributed by atoms with Crippen LogP contribution in [0.25, 0.3) is 0 Å². The van der Waals surface area contributed by atoms with Crippen LogP contribution in [0.1, 0.15) is 15.9 Å². The number of ether oxygens (including phenoxy) is 1. The lowest BCUT2D eigenvalue weighted by Crippen LogP contribution is -2.18. The SMILES string of the molecule is COc1ccc(C(=O)C(/C=N\N)=N\Nc2ccc(C(F)(F)F)cc2)cc1. The lowest BCUT2D eigenvalue weighted by atomic mass is 10.1. The molecular formula is C17H15F3N4O2. The molecule has 0 aliphatic heterocycles. The summed E-state index contributed by atoms with van der Waals surface area (Å²) in [4.78, 5) is 12.4. The molecule has 0 unspecified atom stereocenters. The summed E-state index contributed by atoms with van der Waals surface area (Å²) < 4.78 is 42.7. The summed E-state index contributed by atoms with van der Waals surface area (Å²) in [5, 5.41) is 7.15. The van der Waals surface area contributed by atoms with Crippen LogP contribution in [0, 0.1) is 0 Å². The molecule has 0 spiro atoms. The van der Waals surface area contributed by atoms with Crippen molar-refractivity contribution in [3.05, 3.63) is 59.7 Å². The van der Waals surface area contributed by atoms with E-state index in [9.17, 15) is 18.0 Å². The number of nitrogens with one attached hydrogen (secondary N) is 1. The van der Waals surface area contributed by atoms with Crippen molar-refractivity contribution in [1.82, 2.24) is 0 Å². The van der Waals surface area contributed by atoms with E-state index in [-0.39, 0.29) is 11.4 Å². The molecule has 0 aliphatic rings. The second-order valence-electron chi connectivity index (χ2n) is 5.02. The van der Waals surface area contributed by atoms with Crippen LogP contribution >= 0.6 is 0 Å². The molecule has 0 heterocycles. The average molecular weight is 364 g/mol. The molecule has 0 bridgehead atoms. The Labute approximate surface area is 147 Å². The molecule has 26 heavy (non-hydrogen) atoms. The fraction of sp³-hybridized carbons (Fsp3) is 0.118. The van der Waals surface area contributed by atoms with Crippen molar-refractivity contribution in [1.29, 1.82) is 0 Å². The van der Waals surface area contributed by atoms with Crippen molar-refractivity contribution in [3.8, 4) is 5.75 Å². The first kappa shape index (κ1) is 19.0. The van der Waals surface area contributed by atoms with Gasteiger partial charge >= 0.3 is 6.18 Å². The van der Waals surface area contributed by atoms with E-state index in [1.165, 1.54) is 19.2 Å². The van der Waals surface area contributed by atoms with Crippen LogP contribution in [0.5, 0.6) is 5.75 Å². The Balaban J connectivity index is 2.19. The highest BCUT2D eigenvalue weighted by Gasteiger charge is 2.29. The third-order valence-corrected chi connectivity index (χ3v) is 3.30. The highest BCUT2D eigenvalue weighted by Crippen LogP contribution is 2.29. The Morgan fingerprint density at radius 1 is 1.12 bits per heavy atom. The van der Waals surface area contributed by atoms with Crippen LogP contribution in [0.4, 0.5) is 18.9 Å². The van der Waals surface area contributed by atoms with Gasteiger partial charge in [-0.15, -0.1) is 0 Å². The number of carbonyl (C=O) groups excluding carboxylic acids is 1. The number of hydrogen-bond donors (Lipinski definition) is 2. The highest BCUT2D eigenvalue weighted by molar-refractivity contribution is 6.64. The quantitative estimate of drug-likeness (QED) is 0.356. The second kappa shape index (κ2) is 8.15. The van der Waals surface area contributed by atoms with Crippen LogP contribution in [0.15, 0.2) is 58.7 Å². The number of ketones is 1. The highest BCUT2D eigenvalue weighted by atomic mass is 19.4. The van der Waals surface area contributed by atoms with E-state index in [4.69, 9.17) is 10.6 Å².